The lowest BCUT2D eigenvalue weighted by molar-refractivity contribution is -0.126. The standard InChI is InChI=1S/C16H17N3O3/c1-10-3-4-12-13(7-10)18-11(2)19(15(12)22)16(9-20)6-5-14(21)17-8-16/h3-4,7,9H,5-6,8H2,1-2H3,(H,17,21). The lowest BCUT2D eigenvalue weighted by Gasteiger charge is -2.35. The van der Waals surface area contributed by atoms with Crippen LogP contribution < -0.4 is 10.9 Å². The molecule has 0 saturated carbocycles. The van der Waals surface area contributed by atoms with Crippen molar-refractivity contribution in [3.05, 3.63) is 39.9 Å². The van der Waals surface area contributed by atoms with Gasteiger partial charge in [-0.2, -0.15) is 0 Å². The van der Waals surface area contributed by atoms with Crippen molar-refractivity contribution in [2.24, 2.45) is 0 Å². The second-order valence-electron chi connectivity index (χ2n) is 5.82. The molecule has 1 aromatic carbocycles. The van der Waals surface area contributed by atoms with Gasteiger partial charge in [-0.3, -0.25) is 14.2 Å². The number of carbonyl (C=O) groups is 2. The van der Waals surface area contributed by atoms with Crippen molar-refractivity contribution in [3.63, 3.8) is 0 Å². The topological polar surface area (TPSA) is 81.1 Å². The van der Waals surface area contributed by atoms with Crippen LogP contribution in [0.3, 0.4) is 0 Å². The van der Waals surface area contributed by atoms with Gasteiger partial charge in [0, 0.05) is 13.0 Å². The minimum absolute atomic E-state index is 0.104. The van der Waals surface area contributed by atoms with E-state index in [1.165, 1.54) is 4.57 Å². The molecule has 1 aromatic heterocycles. The fourth-order valence-corrected chi connectivity index (χ4v) is 3.03. The summed E-state index contributed by atoms with van der Waals surface area (Å²) in [4.78, 5) is 40.5. The molecule has 1 atom stereocenters. The highest BCUT2D eigenvalue weighted by Crippen LogP contribution is 2.24. The van der Waals surface area contributed by atoms with Gasteiger partial charge in [0.25, 0.3) is 5.56 Å². The molecule has 1 fully saturated rings. The summed E-state index contributed by atoms with van der Waals surface area (Å²) in [6.07, 6.45) is 1.28. The Balaban J connectivity index is 2.26. The summed E-state index contributed by atoms with van der Waals surface area (Å²) in [5.74, 6) is 0.374. The molecule has 3 rings (SSSR count). The summed E-state index contributed by atoms with van der Waals surface area (Å²) in [6, 6.07) is 5.43. The third-order valence-electron chi connectivity index (χ3n) is 4.23. The quantitative estimate of drug-likeness (QED) is 0.832. The van der Waals surface area contributed by atoms with E-state index in [1.54, 1.807) is 13.0 Å². The predicted octanol–water partition coefficient (Wildman–Crippen LogP) is 0.818. The highest BCUT2D eigenvalue weighted by atomic mass is 16.2. The fourth-order valence-electron chi connectivity index (χ4n) is 3.03. The fraction of sp³-hybridized carbons (Fsp3) is 0.375. The normalized spacial score (nSPS) is 21.6. The third kappa shape index (κ3) is 2.11. The van der Waals surface area contributed by atoms with Gasteiger partial charge in [0.05, 0.1) is 10.9 Å². The number of nitrogens with zero attached hydrogens (tertiary/aromatic N) is 2. The second kappa shape index (κ2) is 5.05. The monoisotopic (exact) mass is 299 g/mol. The van der Waals surface area contributed by atoms with Crippen molar-refractivity contribution in [2.75, 3.05) is 6.54 Å². The molecule has 2 heterocycles. The molecular weight excluding hydrogens is 282 g/mol. The van der Waals surface area contributed by atoms with E-state index in [2.05, 4.69) is 10.3 Å². The first-order chi connectivity index (χ1) is 10.5. The van der Waals surface area contributed by atoms with Gasteiger partial charge in [-0.15, -0.1) is 0 Å². The van der Waals surface area contributed by atoms with Crippen molar-refractivity contribution in [2.45, 2.75) is 32.2 Å². The number of fused-ring (bicyclic) bond motifs is 1. The van der Waals surface area contributed by atoms with Gasteiger partial charge in [-0.1, -0.05) is 6.07 Å². The van der Waals surface area contributed by atoms with E-state index in [0.29, 0.717) is 23.1 Å². The summed E-state index contributed by atoms with van der Waals surface area (Å²) >= 11 is 0. The minimum atomic E-state index is -1.05. The van der Waals surface area contributed by atoms with Crippen molar-refractivity contribution >= 4 is 23.1 Å². The number of benzene rings is 1. The zero-order valence-electron chi connectivity index (χ0n) is 12.5. The number of rotatable bonds is 2. The zero-order chi connectivity index (χ0) is 15.9. The number of hydrogen-bond donors (Lipinski definition) is 1. The van der Waals surface area contributed by atoms with E-state index in [0.717, 1.165) is 11.8 Å². The average molecular weight is 299 g/mol. The molecule has 0 aliphatic carbocycles. The summed E-state index contributed by atoms with van der Waals surface area (Å²) < 4.78 is 1.43. The van der Waals surface area contributed by atoms with E-state index >= 15 is 0 Å². The largest absolute Gasteiger partial charge is 0.353 e. The van der Waals surface area contributed by atoms with Crippen molar-refractivity contribution in [3.8, 4) is 0 Å². The number of aldehydes is 1. The van der Waals surface area contributed by atoms with Crippen LogP contribution in [0, 0.1) is 13.8 Å². The molecule has 1 aliphatic heterocycles. The molecule has 6 nitrogen and oxygen atoms in total. The number of aryl methyl sites for hydroxylation is 2. The van der Waals surface area contributed by atoms with Crippen molar-refractivity contribution < 1.29 is 9.59 Å². The number of aromatic nitrogens is 2. The molecule has 0 spiro atoms. The number of nitrogens with one attached hydrogen (secondary N) is 1. The van der Waals surface area contributed by atoms with E-state index in [-0.39, 0.29) is 24.4 Å². The van der Waals surface area contributed by atoms with Gasteiger partial charge >= 0.3 is 0 Å². The Labute approximate surface area is 127 Å². The molecule has 1 N–H and O–H groups in total. The van der Waals surface area contributed by atoms with Crippen LogP contribution in [0.5, 0.6) is 0 Å². The maximum atomic E-state index is 12.9. The van der Waals surface area contributed by atoms with Gasteiger partial charge in [0.2, 0.25) is 5.91 Å². The first kappa shape index (κ1) is 14.4. The molecule has 114 valence electrons. The number of carbonyl (C=O) groups excluding carboxylic acids is 2. The average Bonchev–Trinajstić information content (AvgIpc) is 2.49. The highest BCUT2D eigenvalue weighted by Gasteiger charge is 2.38. The summed E-state index contributed by atoms with van der Waals surface area (Å²) in [5, 5.41) is 3.16. The van der Waals surface area contributed by atoms with Gasteiger partial charge < -0.3 is 10.1 Å². The van der Waals surface area contributed by atoms with Crippen LogP contribution in [0.4, 0.5) is 0 Å². The highest BCUT2D eigenvalue weighted by molar-refractivity contribution is 5.81. The summed E-state index contributed by atoms with van der Waals surface area (Å²) in [6.45, 7) is 3.77. The molecular formula is C16H17N3O3. The van der Waals surface area contributed by atoms with Crippen LogP contribution in [0.25, 0.3) is 10.9 Å². The minimum Gasteiger partial charge on any atom is -0.353 e. The second-order valence-corrected chi connectivity index (χ2v) is 5.82. The van der Waals surface area contributed by atoms with Crippen molar-refractivity contribution in [1.29, 1.82) is 0 Å². The van der Waals surface area contributed by atoms with Gasteiger partial charge in [0.15, 0.2) is 0 Å². The van der Waals surface area contributed by atoms with E-state index < -0.39 is 5.54 Å². The maximum absolute atomic E-state index is 12.9. The smallest absolute Gasteiger partial charge is 0.262 e. The lowest BCUT2D eigenvalue weighted by atomic mass is 9.90. The Kier molecular flexibility index (Phi) is 3.31. The Bertz CT molecular complexity index is 828. The summed E-state index contributed by atoms with van der Waals surface area (Å²) in [5.41, 5.74) is 0.346. The Morgan fingerprint density at radius 1 is 1.32 bits per heavy atom. The Morgan fingerprint density at radius 3 is 2.73 bits per heavy atom. The first-order valence-corrected chi connectivity index (χ1v) is 7.20. The molecule has 0 radical (unpaired) electrons. The van der Waals surface area contributed by atoms with Gasteiger partial charge in [-0.05, 0) is 38.0 Å². The van der Waals surface area contributed by atoms with Crippen LogP contribution in [-0.2, 0) is 15.1 Å². The molecule has 1 saturated heterocycles. The molecule has 1 unspecified atom stereocenters. The van der Waals surface area contributed by atoms with E-state index in [9.17, 15) is 14.4 Å². The Hall–Kier alpha value is -2.50. The van der Waals surface area contributed by atoms with Crippen LogP contribution in [0.15, 0.2) is 23.0 Å². The van der Waals surface area contributed by atoms with Gasteiger partial charge in [-0.25, -0.2) is 4.98 Å². The maximum Gasteiger partial charge on any atom is 0.262 e. The van der Waals surface area contributed by atoms with Crippen molar-refractivity contribution in [1.82, 2.24) is 14.9 Å². The van der Waals surface area contributed by atoms with Crippen LogP contribution in [-0.4, -0.2) is 28.3 Å². The molecule has 0 bridgehead atoms. The molecule has 2 aromatic rings. The lowest BCUT2D eigenvalue weighted by Crippen LogP contribution is -2.55. The Morgan fingerprint density at radius 2 is 2.09 bits per heavy atom. The SMILES string of the molecule is Cc1ccc2c(=O)n(C3(C=O)CCC(=O)NC3)c(C)nc2c1. The number of amides is 1. The van der Waals surface area contributed by atoms with E-state index in [1.807, 2.05) is 19.1 Å². The van der Waals surface area contributed by atoms with Gasteiger partial charge in [0.1, 0.15) is 17.6 Å². The van der Waals surface area contributed by atoms with Crippen LogP contribution >= 0.6 is 0 Å². The van der Waals surface area contributed by atoms with Crippen LogP contribution in [0.2, 0.25) is 0 Å². The molecule has 22 heavy (non-hydrogen) atoms. The molecule has 1 aliphatic rings. The first-order valence-electron chi connectivity index (χ1n) is 7.20. The zero-order valence-corrected chi connectivity index (χ0v) is 12.5. The van der Waals surface area contributed by atoms with E-state index in [4.69, 9.17) is 0 Å². The molecule has 6 heteroatoms. The summed E-state index contributed by atoms with van der Waals surface area (Å²) in [7, 11) is 0. The number of hydrogen-bond acceptors (Lipinski definition) is 4. The van der Waals surface area contributed by atoms with Crippen LogP contribution in [0.1, 0.15) is 24.2 Å². The molecule has 1 amide bonds. The third-order valence-corrected chi connectivity index (χ3v) is 4.23. The number of piperidine rings is 1. The predicted molar refractivity (Wildman–Crippen MR) is 81.8 cm³/mol.